The molecule has 1 aliphatic carbocycles. The maximum absolute atomic E-state index is 12.7. The van der Waals surface area contributed by atoms with Gasteiger partial charge >= 0.3 is 0 Å². The first-order valence-corrected chi connectivity index (χ1v) is 11.4. The van der Waals surface area contributed by atoms with Gasteiger partial charge in [-0.25, -0.2) is 12.7 Å². The van der Waals surface area contributed by atoms with E-state index >= 15 is 0 Å². The number of carbonyl (C=O) groups is 1. The SMILES string of the molecule is CCOc1ccc(NC(=O)C2CCC(C(C)(C)C)CC2)cc1S(=O)(=O)N(C)C. The van der Waals surface area contributed by atoms with E-state index in [4.69, 9.17) is 4.74 Å². The maximum Gasteiger partial charge on any atom is 0.246 e. The van der Waals surface area contributed by atoms with Gasteiger partial charge in [-0.05, 0) is 62.1 Å². The van der Waals surface area contributed by atoms with Gasteiger partial charge in [-0.15, -0.1) is 0 Å². The summed E-state index contributed by atoms with van der Waals surface area (Å²) >= 11 is 0. The van der Waals surface area contributed by atoms with Crippen LogP contribution in [0.4, 0.5) is 5.69 Å². The molecule has 6 nitrogen and oxygen atoms in total. The van der Waals surface area contributed by atoms with Crippen molar-refractivity contribution < 1.29 is 17.9 Å². The van der Waals surface area contributed by atoms with Crippen molar-refractivity contribution in [2.45, 2.75) is 58.3 Å². The fraction of sp³-hybridized carbons (Fsp3) is 0.667. The first-order chi connectivity index (χ1) is 13.0. The van der Waals surface area contributed by atoms with E-state index in [9.17, 15) is 13.2 Å². The highest BCUT2D eigenvalue weighted by atomic mass is 32.2. The fourth-order valence-electron chi connectivity index (χ4n) is 3.72. The van der Waals surface area contributed by atoms with Gasteiger partial charge in [-0.2, -0.15) is 0 Å². The lowest BCUT2D eigenvalue weighted by Crippen LogP contribution is -2.31. The van der Waals surface area contributed by atoms with Gasteiger partial charge in [0.15, 0.2) is 0 Å². The molecule has 0 bridgehead atoms. The van der Waals surface area contributed by atoms with E-state index in [2.05, 4.69) is 26.1 Å². The van der Waals surface area contributed by atoms with Gasteiger partial charge in [0.25, 0.3) is 0 Å². The molecule has 1 fully saturated rings. The van der Waals surface area contributed by atoms with Crippen LogP contribution in [0.25, 0.3) is 0 Å². The zero-order chi connectivity index (χ0) is 21.1. The molecule has 1 amide bonds. The van der Waals surface area contributed by atoms with Crippen LogP contribution in [-0.2, 0) is 14.8 Å². The largest absolute Gasteiger partial charge is 0.492 e. The Morgan fingerprint density at radius 3 is 2.29 bits per heavy atom. The van der Waals surface area contributed by atoms with E-state index in [0.29, 0.717) is 24.0 Å². The lowest BCUT2D eigenvalue weighted by molar-refractivity contribution is -0.121. The summed E-state index contributed by atoms with van der Waals surface area (Å²) in [4.78, 5) is 12.8. The molecule has 0 aliphatic heterocycles. The van der Waals surface area contributed by atoms with Crippen LogP contribution < -0.4 is 10.1 Å². The molecular formula is C21H34N2O4S. The second-order valence-electron chi connectivity index (χ2n) is 8.79. The molecule has 0 atom stereocenters. The highest BCUT2D eigenvalue weighted by Crippen LogP contribution is 2.40. The number of nitrogens with zero attached hydrogens (tertiary/aromatic N) is 1. The number of amides is 1. The minimum Gasteiger partial charge on any atom is -0.492 e. The van der Waals surface area contributed by atoms with E-state index in [-0.39, 0.29) is 22.1 Å². The Bertz CT molecular complexity index is 789. The minimum absolute atomic E-state index is 0.0286. The Labute approximate surface area is 169 Å². The van der Waals surface area contributed by atoms with Gasteiger partial charge in [-0.3, -0.25) is 4.79 Å². The van der Waals surface area contributed by atoms with Crippen LogP contribution in [0.5, 0.6) is 5.75 Å². The summed E-state index contributed by atoms with van der Waals surface area (Å²) in [5.74, 6) is 0.863. The van der Waals surface area contributed by atoms with Crippen LogP contribution in [-0.4, -0.2) is 39.3 Å². The van der Waals surface area contributed by atoms with E-state index in [1.807, 2.05) is 0 Å². The predicted octanol–water partition coefficient (Wildman–Crippen LogP) is 4.13. The molecule has 0 aromatic heterocycles. The Balaban J connectivity index is 2.15. The number of rotatable bonds is 6. The molecular weight excluding hydrogens is 376 g/mol. The Morgan fingerprint density at radius 1 is 1.18 bits per heavy atom. The van der Waals surface area contributed by atoms with E-state index in [1.165, 1.54) is 20.2 Å². The van der Waals surface area contributed by atoms with Crippen LogP contribution >= 0.6 is 0 Å². The van der Waals surface area contributed by atoms with Crippen molar-refractivity contribution in [3.05, 3.63) is 18.2 Å². The molecule has 28 heavy (non-hydrogen) atoms. The van der Waals surface area contributed by atoms with Crippen LogP contribution in [0.3, 0.4) is 0 Å². The van der Waals surface area contributed by atoms with Gasteiger partial charge in [0.1, 0.15) is 10.6 Å². The summed E-state index contributed by atoms with van der Waals surface area (Å²) in [6.45, 7) is 8.93. The van der Waals surface area contributed by atoms with Gasteiger partial charge in [0.05, 0.1) is 6.61 Å². The number of carbonyl (C=O) groups excluding carboxylic acids is 1. The van der Waals surface area contributed by atoms with E-state index in [1.54, 1.807) is 19.1 Å². The predicted molar refractivity (Wildman–Crippen MR) is 112 cm³/mol. The molecule has 1 saturated carbocycles. The number of nitrogens with one attached hydrogen (secondary N) is 1. The minimum atomic E-state index is -3.68. The maximum atomic E-state index is 12.7. The molecule has 0 radical (unpaired) electrons. The summed E-state index contributed by atoms with van der Waals surface area (Å²) in [6, 6.07) is 4.78. The van der Waals surface area contributed by atoms with Crippen molar-refractivity contribution in [2.24, 2.45) is 17.3 Å². The lowest BCUT2D eigenvalue weighted by Gasteiger charge is -2.36. The average molecular weight is 411 g/mol. The molecule has 7 heteroatoms. The zero-order valence-corrected chi connectivity index (χ0v) is 18.7. The number of ether oxygens (including phenoxy) is 1. The zero-order valence-electron chi connectivity index (χ0n) is 17.9. The highest BCUT2D eigenvalue weighted by Gasteiger charge is 2.32. The summed E-state index contributed by atoms with van der Waals surface area (Å²) in [6.07, 6.45) is 3.83. The fourth-order valence-corrected chi connectivity index (χ4v) is 4.78. The second kappa shape index (κ2) is 8.82. The Kier molecular flexibility index (Phi) is 7.15. The summed E-state index contributed by atoms with van der Waals surface area (Å²) in [5.41, 5.74) is 0.748. The smallest absolute Gasteiger partial charge is 0.246 e. The number of benzene rings is 1. The first-order valence-electron chi connectivity index (χ1n) is 9.97. The summed E-state index contributed by atoms with van der Waals surface area (Å²) in [5, 5.41) is 2.91. The molecule has 1 aromatic carbocycles. The van der Waals surface area contributed by atoms with Crippen molar-refractivity contribution >= 4 is 21.6 Å². The average Bonchev–Trinajstić information content (AvgIpc) is 2.62. The highest BCUT2D eigenvalue weighted by molar-refractivity contribution is 7.89. The monoisotopic (exact) mass is 410 g/mol. The van der Waals surface area contributed by atoms with Gasteiger partial charge < -0.3 is 10.1 Å². The number of sulfonamides is 1. The second-order valence-corrected chi connectivity index (χ2v) is 10.9. The van der Waals surface area contributed by atoms with Crippen LogP contribution in [0, 0.1) is 17.3 Å². The summed E-state index contributed by atoms with van der Waals surface area (Å²) in [7, 11) is -0.727. The molecule has 158 valence electrons. The van der Waals surface area contributed by atoms with Crippen molar-refractivity contribution in [1.82, 2.24) is 4.31 Å². The quantitative estimate of drug-likeness (QED) is 0.765. The molecule has 0 spiro atoms. The third-order valence-electron chi connectivity index (χ3n) is 5.59. The molecule has 2 rings (SSSR count). The standard InChI is InChI=1S/C21H34N2O4S/c1-7-27-18-13-12-17(14-19(18)28(25,26)23(5)6)22-20(24)15-8-10-16(11-9-15)21(2,3)4/h12-16H,7-11H2,1-6H3,(H,22,24). The van der Waals surface area contributed by atoms with Crippen molar-refractivity contribution in [3.63, 3.8) is 0 Å². The third-order valence-corrected chi connectivity index (χ3v) is 7.43. The Hall–Kier alpha value is -1.60. The van der Waals surface area contributed by atoms with Crippen molar-refractivity contribution in [3.8, 4) is 5.75 Å². The van der Waals surface area contributed by atoms with Crippen molar-refractivity contribution in [2.75, 3.05) is 26.0 Å². The van der Waals surface area contributed by atoms with E-state index < -0.39 is 10.0 Å². The molecule has 1 aliphatic rings. The molecule has 0 unspecified atom stereocenters. The molecule has 1 aromatic rings. The Morgan fingerprint density at radius 2 is 1.79 bits per heavy atom. The normalized spacial score (nSPS) is 20.8. The lowest BCUT2D eigenvalue weighted by atomic mass is 9.69. The molecule has 0 saturated heterocycles. The topological polar surface area (TPSA) is 75.7 Å². The number of hydrogen-bond acceptors (Lipinski definition) is 4. The van der Waals surface area contributed by atoms with Gasteiger partial charge in [0.2, 0.25) is 15.9 Å². The molecule has 1 N–H and O–H groups in total. The number of hydrogen-bond donors (Lipinski definition) is 1. The van der Waals surface area contributed by atoms with Crippen molar-refractivity contribution in [1.29, 1.82) is 0 Å². The van der Waals surface area contributed by atoms with Crippen LogP contribution in [0.2, 0.25) is 0 Å². The molecule has 0 heterocycles. The first kappa shape index (κ1) is 22.7. The van der Waals surface area contributed by atoms with E-state index in [0.717, 1.165) is 30.0 Å². The number of anilines is 1. The summed E-state index contributed by atoms with van der Waals surface area (Å²) < 4.78 is 31.9. The van der Waals surface area contributed by atoms with Crippen LogP contribution in [0.15, 0.2) is 23.1 Å². The third kappa shape index (κ3) is 5.26. The van der Waals surface area contributed by atoms with Crippen LogP contribution in [0.1, 0.15) is 53.4 Å². The van der Waals surface area contributed by atoms with Gasteiger partial charge in [0, 0.05) is 25.7 Å². The van der Waals surface area contributed by atoms with Gasteiger partial charge in [-0.1, -0.05) is 20.8 Å².